The van der Waals surface area contributed by atoms with Crippen LogP contribution in [0.4, 0.5) is 11.4 Å². The molecule has 1 aliphatic carbocycles. The average molecular weight is 398 g/mol. The molecule has 1 heterocycles. The largest absolute Gasteiger partial charge is 0.368 e. The number of piperazine rings is 1. The molecule has 2 aromatic rings. The summed E-state index contributed by atoms with van der Waals surface area (Å²) in [6.45, 7) is 4.97. The van der Waals surface area contributed by atoms with E-state index in [4.69, 9.17) is 11.6 Å². The van der Waals surface area contributed by atoms with Crippen LogP contribution in [0.2, 0.25) is 5.02 Å². The Labute approximate surface area is 170 Å². The minimum absolute atomic E-state index is 0.0911. The fourth-order valence-corrected chi connectivity index (χ4v) is 3.94. The predicted molar refractivity (Wildman–Crippen MR) is 112 cm³/mol. The molecule has 6 heteroatoms. The SMILES string of the molecule is Cc1ccc(Cl)cc1NC(=O)C1CC1C(=O)N1CCN(c2ccccc2)CC1. The fraction of sp³-hybridized carbons (Fsp3) is 0.364. The van der Waals surface area contributed by atoms with Gasteiger partial charge in [-0.1, -0.05) is 35.9 Å². The summed E-state index contributed by atoms with van der Waals surface area (Å²) >= 11 is 6.02. The molecule has 28 heavy (non-hydrogen) atoms. The molecule has 1 aliphatic heterocycles. The molecule has 146 valence electrons. The summed E-state index contributed by atoms with van der Waals surface area (Å²) in [4.78, 5) is 29.5. The number of hydrogen-bond donors (Lipinski definition) is 1. The van der Waals surface area contributed by atoms with Crippen molar-refractivity contribution in [3.8, 4) is 0 Å². The summed E-state index contributed by atoms with van der Waals surface area (Å²) in [5.74, 6) is -0.414. The van der Waals surface area contributed by atoms with Crippen molar-refractivity contribution in [1.82, 2.24) is 4.90 Å². The van der Waals surface area contributed by atoms with Crippen LogP contribution in [0.25, 0.3) is 0 Å². The lowest BCUT2D eigenvalue weighted by atomic mass is 10.2. The number of carbonyl (C=O) groups is 2. The molecule has 0 radical (unpaired) electrons. The Morgan fingerprint density at radius 1 is 1.00 bits per heavy atom. The van der Waals surface area contributed by atoms with E-state index in [1.54, 1.807) is 12.1 Å². The number of para-hydroxylation sites is 1. The van der Waals surface area contributed by atoms with Crippen LogP contribution in [0, 0.1) is 18.8 Å². The van der Waals surface area contributed by atoms with E-state index in [9.17, 15) is 9.59 Å². The maximum Gasteiger partial charge on any atom is 0.228 e. The van der Waals surface area contributed by atoms with Gasteiger partial charge in [0, 0.05) is 42.6 Å². The Kier molecular flexibility index (Phi) is 5.27. The van der Waals surface area contributed by atoms with Gasteiger partial charge in [-0.3, -0.25) is 9.59 Å². The monoisotopic (exact) mass is 397 g/mol. The van der Waals surface area contributed by atoms with E-state index >= 15 is 0 Å². The third-order valence-electron chi connectivity index (χ3n) is 5.61. The summed E-state index contributed by atoms with van der Waals surface area (Å²) in [6, 6.07) is 15.7. The maximum absolute atomic E-state index is 12.8. The number of nitrogens with one attached hydrogen (secondary N) is 1. The van der Waals surface area contributed by atoms with Crippen molar-refractivity contribution in [1.29, 1.82) is 0 Å². The predicted octanol–water partition coefficient (Wildman–Crippen LogP) is 3.57. The second-order valence-electron chi connectivity index (χ2n) is 7.55. The van der Waals surface area contributed by atoms with E-state index in [2.05, 4.69) is 22.3 Å². The fourth-order valence-electron chi connectivity index (χ4n) is 3.77. The number of aryl methyl sites for hydroxylation is 1. The highest BCUT2D eigenvalue weighted by Gasteiger charge is 2.49. The Hall–Kier alpha value is -2.53. The van der Waals surface area contributed by atoms with Crippen molar-refractivity contribution >= 4 is 34.8 Å². The van der Waals surface area contributed by atoms with Gasteiger partial charge in [-0.05, 0) is 43.2 Å². The summed E-state index contributed by atoms with van der Waals surface area (Å²) in [5.41, 5.74) is 2.86. The zero-order valence-electron chi connectivity index (χ0n) is 15.9. The van der Waals surface area contributed by atoms with Gasteiger partial charge in [-0.25, -0.2) is 0 Å². The van der Waals surface area contributed by atoms with Crippen LogP contribution in [-0.4, -0.2) is 42.9 Å². The van der Waals surface area contributed by atoms with Gasteiger partial charge in [-0.15, -0.1) is 0 Å². The van der Waals surface area contributed by atoms with Crippen molar-refractivity contribution in [2.24, 2.45) is 11.8 Å². The molecule has 2 fully saturated rings. The third kappa shape index (κ3) is 3.99. The Balaban J connectivity index is 1.30. The minimum atomic E-state index is -0.238. The molecule has 1 N–H and O–H groups in total. The lowest BCUT2D eigenvalue weighted by Crippen LogP contribution is -2.49. The van der Waals surface area contributed by atoms with E-state index in [0.717, 1.165) is 18.7 Å². The number of nitrogens with zero attached hydrogens (tertiary/aromatic N) is 2. The van der Waals surface area contributed by atoms with Crippen molar-refractivity contribution in [3.05, 3.63) is 59.1 Å². The molecule has 2 atom stereocenters. The van der Waals surface area contributed by atoms with E-state index < -0.39 is 0 Å². The third-order valence-corrected chi connectivity index (χ3v) is 5.85. The molecular weight excluding hydrogens is 374 g/mol. The Morgan fingerprint density at radius 3 is 2.43 bits per heavy atom. The molecule has 2 aliphatic rings. The molecule has 2 aromatic carbocycles. The summed E-state index contributed by atoms with van der Waals surface area (Å²) < 4.78 is 0. The number of anilines is 2. The highest BCUT2D eigenvalue weighted by molar-refractivity contribution is 6.31. The topological polar surface area (TPSA) is 52.7 Å². The minimum Gasteiger partial charge on any atom is -0.368 e. The van der Waals surface area contributed by atoms with Crippen LogP contribution in [0.15, 0.2) is 48.5 Å². The summed E-state index contributed by atoms with van der Waals surface area (Å²) in [6.07, 6.45) is 0.628. The lowest BCUT2D eigenvalue weighted by molar-refractivity contribution is -0.134. The van der Waals surface area contributed by atoms with Gasteiger partial charge in [0.25, 0.3) is 0 Å². The van der Waals surface area contributed by atoms with Gasteiger partial charge in [0.1, 0.15) is 0 Å². The van der Waals surface area contributed by atoms with E-state index in [1.165, 1.54) is 5.69 Å². The normalized spacial score (nSPS) is 21.4. The average Bonchev–Trinajstić information content (AvgIpc) is 3.52. The molecule has 0 bridgehead atoms. The Bertz CT molecular complexity index is 879. The smallest absolute Gasteiger partial charge is 0.228 e. The van der Waals surface area contributed by atoms with Gasteiger partial charge in [0.15, 0.2) is 0 Å². The summed E-state index contributed by atoms with van der Waals surface area (Å²) in [7, 11) is 0. The van der Waals surface area contributed by atoms with Crippen molar-refractivity contribution in [2.45, 2.75) is 13.3 Å². The molecule has 0 aromatic heterocycles. The van der Waals surface area contributed by atoms with Crippen LogP contribution < -0.4 is 10.2 Å². The highest BCUT2D eigenvalue weighted by Crippen LogP contribution is 2.41. The van der Waals surface area contributed by atoms with Gasteiger partial charge in [0.05, 0.1) is 11.8 Å². The number of benzene rings is 2. The zero-order chi connectivity index (χ0) is 19.7. The van der Waals surface area contributed by atoms with Gasteiger partial charge in [0.2, 0.25) is 11.8 Å². The lowest BCUT2D eigenvalue weighted by Gasteiger charge is -2.36. The Morgan fingerprint density at radius 2 is 1.71 bits per heavy atom. The first-order valence-electron chi connectivity index (χ1n) is 9.69. The van der Waals surface area contributed by atoms with Crippen LogP contribution in [0.1, 0.15) is 12.0 Å². The van der Waals surface area contributed by atoms with Crippen LogP contribution in [0.5, 0.6) is 0 Å². The van der Waals surface area contributed by atoms with Crippen LogP contribution in [0.3, 0.4) is 0 Å². The number of amides is 2. The molecule has 0 spiro atoms. The quantitative estimate of drug-likeness (QED) is 0.858. The molecule has 5 nitrogen and oxygen atoms in total. The van der Waals surface area contributed by atoms with Gasteiger partial charge < -0.3 is 15.1 Å². The highest BCUT2D eigenvalue weighted by atomic mass is 35.5. The van der Waals surface area contributed by atoms with Crippen molar-refractivity contribution in [3.63, 3.8) is 0 Å². The van der Waals surface area contributed by atoms with Gasteiger partial charge in [-0.2, -0.15) is 0 Å². The zero-order valence-corrected chi connectivity index (χ0v) is 16.7. The molecule has 2 amide bonds. The number of carbonyl (C=O) groups excluding carboxylic acids is 2. The number of halogens is 1. The molecule has 1 saturated heterocycles. The van der Waals surface area contributed by atoms with E-state index in [-0.39, 0.29) is 23.7 Å². The number of rotatable bonds is 4. The second kappa shape index (κ2) is 7.84. The van der Waals surface area contributed by atoms with Gasteiger partial charge >= 0.3 is 0 Å². The summed E-state index contributed by atoms with van der Waals surface area (Å²) in [5, 5.41) is 3.51. The molecule has 4 rings (SSSR count). The molecular formula is C22H24ClN3O2. The van der Waals surface area contributed by atoms with Crippen LogP contribution >= 0.6 is 11.6 Å². The van der Waals surface area contributed by atoms with E-state index in [0.29, 0.717) is 30.2 Å². The first kappa shape index (κ1) is 18.8. The molecule has 1 saturated carbocycles. The maximum atomic E-state index is 12.8. The first-order chi connectivity index (χ1) is 13.5. The first-order valence-corrected chi connectivity index (χ1v) is 10.1. The second-order valence-corrected chi connectivity index (χ2v) is 7.98. The van der Waals surface area contributed by atoms with E-state index in [1.807, 2.05) is 36.1 Å². The van der Waals surface area contributed by atoms with Crippen molar-refractivity contribution in [2.75, 3.05) is 36.4 Å². The van der Waals surface area contributed by atoms with Crippen LogP contribution in [-0.2, 0) is 9.59 Å². The molecule has 2 unspecified atom stereocenters. The number of hydrogen-bond acceptors (Lipinski definition) is 3. The van der Waals surface area contributed by atoms with Crippen molar-refractivity contribution < 1.29 is 9.59 Å². The standard InChI is InChI=1S/C22H24ClN3O2/c1-15-7-8-16(23)13-20(15)24-21(27)18-14-19(18)22(28)26-11-9-25(10-12-26)17-5-3-2-4-6-17/h2-8,13,18-19H,9-12,14H2,1H3,(H,24,27).